The van der Waals surface area contributed by atoms with Gasteiger partial charge in [0, 0.05) is 25.6 Å². The van der Waals surface area contributed by atoms with Gasteiger partial charge in [-0.15, -0.1) is 11.3 Å². The third kappa shape index (κ3) is 4.44. The number of carbonyl (C=O) groups is 1. The van der Waals surface area contributed by atoms with Crippen molar-refractivity contribution >= 4 is 38.9 Å². The predicted molar refractivity (Wildman–Crippen MR) is 88.7 cm³/mol. The molecule has 1 aromatic heterocycles. The molecule has 0 aromatic carbocycles. The summed E-state index contributed by atoms with van der Waals surface area (Å²) in [5.41, 5.74) is 0. The van der Waals surface area contributed by atoms with Crippen molar-refractivity contribution in [3.63, 3.8) is 0 Å². The van der Waals surface area contributed by atoms with Crippen molar-refractivity contribution in [3.05, 3.63) is 16.5 Å². The zero-order chi connectivity index (χ0) is 16.3. The highest BCUT2D eigenvalue weighted by molar-refractivity contribution is 7.91. The number of sulfonamides is 1. The molecule has 0 saturated carbocycles. The number of nitrogens with zero attached hydrogens (tertiary/aromatic N) is 1. The van der Waals surface area contributed by atoms with Crippen LogP contribution in [0.3, 0.4) is 0 Å². The summed E-state index contributed by atoms with van der Waals surface area (Å²) in [7, 11) is -3.45. The zero-order valence-electron chi connectivity index (χ0n) is 12.7. The second kappa shape index (κ2) is 7.29. The molecule has 0 aliphatic carbocycles. The number of rotatable bonds is 5. The summed E-state index contributed by atoms with van der Waals surface area (Å²) in [5, 5.41) is 2.88. The lowest BCUT2D eigenvalue weighted by molar-refractivity contribution is -0.122. The van der Waals surface area contributed by atoms with Gasteiger partial charge >= 0.3 is 0 Å². The summed E-state index contributed by atoms with van der Waals surface area (Å²) in [6, 6.07) is 3.28. The minimum Gasteiger partial charge on any atom is -0.354 e. The van der Waals surface area contributed by atoms with Crippen LogP contribution in [-0.2, 0) is 14.8 Å². The normalized spacial score (nSPS) is 17.8. The number of carbonyl (C=O) groups excluding carboxylic acids is 1. The van der Waals surface area contributed by atoms with Crippen LogP contribution in [0.4, 0.5) is 0 Å². The lowest BCUT2D eigenvalue weighted by atomic mass is 9.94. The molecule has 0 spiro atoms. The first-order valence-corrected chi connectivity index (χ1v) is 9.97. The van der Waals surface area contributed by atoms with E-state index in [9.17, 15) is 13.2 Å². The Morgan fingerprint density at radius 2 is 2.05 bits per heavy atom. The van der Waals surface area contributed by atoms with E-state index in [1.54, 1.807) is 12.1 Å². The summed E-state index contributed by atoms with van der Waals surface area (Å²) in [6.45, 7) is 4.77. The molecule has 1 N–H and O–H groups in total. The minimum atomic E-state index is -3.45. The Labute approximate surface area is 140 Å². The first-order valence-electron chi connectivity index (χ1n) is 7.34. The Bertz CT molecular complexity index is 620. The van der Waals surface area contributed by atoms with E-state index in [1.165, 1.54) is 4.31 Å². The van der Waals surface area contributed by atoms with E-state index in [4.69, 9.17) is 11.6 Å². The Balaban J connectivity index is 1.90. The second-order valence-corrected chi connectivity index (χ2v) is 9.71. The maximum Gasteiger partial charge on any atom is 0.252 e. The van der Waals surface area contributed by atoms with Crippen LogP contribution in [0, 0.1) is 5.92 Å². The smallest absolute Gasteiger partial charge is 0.252 e. The van der Waals surface area contributed by atoms with Crippen molar-refractivity contribution in [2.24, 2.45) is 5.92 Å². The monoisotopic (exact) mass is 364 g/mol. The van der Waals surface area contributed by atoms with Crippen LogP contribution in [0.5, 0.6) is 0 Å². The summed E-state index contributed by atoms with van der Waals surface area (Å²) >= 11 is 6.90. The molecule has 1 aromatic rings. The molecule has 1 aliphatic rings. The summed E-state index contributed by atoms with van der Waals surface area (Å²) in [6.07, 6.45) is 1.89. The van der Waals surface area contributed by atoms with Crippen LogP contribution in [0.15, 0.2) is 16.3 Å². The summed E-state index contributed by atoms with van der Waals surface area (Å²) in [5.74, 6) is 0.290. The van der Waals surface area contributed by atoms with Crippen LogP contribution < -0.4 is 5.32 Å². The topological polar surface area (TPSA) is 66.5 Å². The molecule has 5 nitrogen and oxygen atoms in total. The van der Waals surface area contributed by atoms with Gasteiger partial charge in [0.05, 0.1) is 4.34 Å². The molecule has 8 heteroatoms. The van der Waals surface area contributed by atoms with Gasteiger partial charge in [0.25, 0.3) is 10.0 Å². The average molecular weight is 365 g/mol. The molecule has 1 aliphatic heterocycles. The lowest BCUT2D eigenvalue weighted by Gasteiger charge is -2.30. The Kier molecular flexibility index (Phi) is 5.87. The van der Waals surface area contributed by atoms with Gasteiger partial charge in [-0.2, -0.15) is 4.31 Å². The van der Waals surface area contributed by atoms with E-state index >= 15 is 0 Å². The molecule has 124 valence electrons. The minimum absolute atomic E-state index is 0.0429. The molecule has 0 atom stereocenters. The van der Waals surface area contributed by atoms with Crippen molar-refractivity contribution < 1.29 is 13.2 Å². The number of halogens is 1. The Morgan fingerprint density at radius 3 is 2.55 bits per heavy atom. The van der Waals surface area contributed by atoms with Crippen LogP contribution in [0.25, 0.3) is 0 Å². The maximum absolute atomic E-state index is 12.5. The van der Waals surface area contributed by atoms with Gasteiger partial charge in [-0.3, -0.25) is 4.79 Å². The predicted octanol–water partition coefficient (Wildman–Crippen LogP) is 2.72. The van der Waals surface area contributed by atoms with Crippen molar-refractivity contribution in [3.8, 4) is 0 Å². The maximum atomic E-state index is 12.5. The molecule has 1 saturated heterocycles. The molecular weight excluding hydrogens is 344 g/mol. The quantitative estimate of drug-likeness (QED) is 0.873. The van der Waals surface area contributed by atoms with E-state index in [1.807, 2.05) is 13.8 Å². The van der Waals surface area contributed by atoms with Gasteiger partial charge in [0.2, 0.25) is 5.91 Å². The molecule has 0 bridgehead atoms. The molecule has 22 heavy (non-hydrogen) atoms. The molecule has 0 radical (unpaired) electrons. The number of piperidine rings is 1. The Hall–Kier alpha value is -0.630. The molecule has 1 fully saturated rings. The molecule has 2 heterocycles. The number of amides is 1. The fraction of sp³-hybridized carbons (Fsp3) is 0.643. The fourth-order valence-electron chi connectivity index (χ4n) is 2.56. The third-order valence-corrected chi connectivity index (χ3v) is 7.24. The lowest BCUT2D eigenvalue weighted by Crippen LogP contribution is -2.40. The number of thiophene rings is 1. The van der Waals surface area contributed by atoms with E-state index < -0.39 is 10.0 Å². The second-order valence-electron chi connectivity index (χ2n) is 5.83. The Morgan fingerprint density at radius 1 is 1.41 bits per heavy atom. The standard InChI is InChI=1S/C14H21ClN2O3S2/c1-10(2)16-13(18)9-11-5-7-17(8-6-11)22(19,20)14-4-3-12(15)21-14/h3-4,10-11H,5-9H2,1-2H3,(H,16,18). The van der Waals surface area contributed by atoms with Crippen LogP contribution in [0.2, 0.25) is 4.34 Å². The van der Waals surface area contributed by atoms with Gasteiger partial charge < -0.3 is 5.32 Å². The zero-order valence-corrected chi connectivity index (χ0v) is 15.1. The number of hydrogen-bond acceptors (Lipinski definition) is 4. The molecule has 1 amide bonds. The van der Waals surface area contributed by atoms with E-state index in [2.05, 4.69) is 5.32 Å². The third-order valence-electron chi connectivity index (χ3n) is 3.64. The highest BCUT2D eigenvalue weighted by Gasteiger charge is 2.31. The molecule has 0 unspecified atom stereocenters. The van der Waals surface area contributed by atoms with E-state index in [0.717, 1.165) is 11.3 Å². The fourth-order valence-corrected chi connectivity index (χ4v) is 5.67. The number of nitrogens with one attached hydrogen (secondary N) is 1. The van der Waals surface area contributed by atoms with Crippen molar-refractivity contribution in [1.82, 2.24) is 9.62 Å². The van der Waals surface area contributed by atoms with Crippen LogP contribution >= 0.6 is 22.9 Å². The van der Waals surface area contributed by atoms with Crippen molar-refractivity contribution in [2.45, 2.75) is 43.4 Å². The van der Waals surface area contributed by atoms with Gasteiger partial charge in [-0.25, -0.2) is 8.42 Å². The highest BCUT2D eigenvalue weighted by Crippen LogP contribution is 2.31. The van der Waals surface area contributed by atoms with E-state index in [0.29, 0.717) is 36.7 Å². The molecular formula is C14H21ClN2O3S2. The average Bonchev–Trinajstić information content (AvgIpc) is 2.86. The van der Waals surface area contributed by atoms with Crippen molar-refractivity contribution in [2.75, 3.05) is 13.1 Å². The summed E-state index contributed by atoms with van der Waals surface area (Å²) in [4.78, 5) is 11.8. The van der Waals surface area contributed by atoms with Gasteiger partial charge in [-0.05, 0) is 44.7 Å². The van der Waals surface area contributed by atoms with Gasteiger partial charge in [0.1, 0.15) is 4.21 Å². The summed E-state index contributed by atoms with van der Waals surface area (Å²) < 4.78 is 27.2. The van der Waals surface area contributed by atoms with Crippen LogP contribution in [-0.4, -0.2) is 37.8 Å². The molecule has 2 rings (SSSR count). The first-order chi connectivity index (χ1) is 10.3. The van der Waals surface area contributed by atoms with E-state index in [-0.39, 0.29) is 22.1 Å². The number of hydrogen-bond donors (Lipinski definition) is 1. The van der Waals surface area contributed by atoms with Crippen LogP contribution in [0.1, 0.15) is 33.1 Å². The van der Waals surface area contributed by atoms with Gasteiger partial charge in [-0.1, -0.05) is 11.6 Å². The van der Waals surface area contributed by atoms with Gasteiger partial charge in [0.15, 0.2) is 0 Å². The van der Waals surface area contributed by atoms with Crippen molar-refractivity contribution in [1.29, 1.82) is 0 Å². The SMILES string of the molecule is CC(C)NC(=O)CC1CCN(S(=O)(=O)c2ccc(Cl)s2)CC1. The largest absolute Gasteiger partial charge is 0.354 e. The first kappa shape index (κ1) is 17.7. The highest BCUT2D eigenvalue weighted by atomic mass is 35.5.